The lowest BCUT2D eigenvalue weighted by molar-refractivity contribution is -0.684. The van der Waals surface area contributed by atoms with E-state index in [0.717, 1.165) is 12.8 Å². The maximum absolute atomic E-state index is 11.8. The van der Waals surface area contributed by atoms with Crippen molar-refractivity contribution >= 4 is 11.8 Å². The molecule has 0 saturated carbocycles. The zero-order valence-electron chi connectivity index (χ0n) is 18.7. The number of nitrogens with zero attached hydrogens (tertiary/aromatic N) is 1. The number of imide groups is 1. The lowest BCUT2D eigenvalue weighted by Crippen LogP contribution is -2.44. The van der Waals surface area contributed by atoms with Crippen molar-refractivity contribution in [2.24, 2.45) is 0 Å². The topological polar surface area (TPSA) is 50.1 Å². The predicted molar refractivity (Wildman–Crippen MR) is 119 cm³/mol. The van der Waals surface area contributed by atoms with Crippen LogP contribution >= 0.6 is 0 Å². The first-order valence-corrected chi connectivity index (χ1v) is 12.0. The molecule has 0 aromatic carbocycles. The van der Waals surface area contributed by atoms with Gasteiger partial charge in [-0.2, -0.15) is 4.57 Å². The summed E-state index contributed by atoms with van der Waals surface area (Å²) in [6.45, 7) is 2.46. The zero-order valence-corrected chi connectivity index (χ0v) is 18.7. The first kappa shape index (κ1) is 25.3. The number of aromatic nitrogens is 1. The van der Waals surface area contributed by atoms with Crippen molar-refractivity contribution in [3.05, 3.63) is 30.6 Å². The van der Waals surface area contributed by atoms with Gasteiger partial charge in [0.15, 0.2) is 12.4 Å². The highest BCUT2D eigenvalue weighted by Crippen LogP contribution is 2.13. The van der Waals surface area contributed by atoms with Gasteiger partial charge in [0.05, 0.1) is 0 Å². The van der Waals surface area contributed by atoms with E-state index in [-0.39, 0.29) is 18.4 Å². The first-order valence-electron chi connectivity index (χ1n) is 12.0. The van der Waals surface area contributed by atoms with Crippen LogP contribution in [0, 0.1) is 0 Å². The number of hydrogen-bond donors (Lipinski definition) is 1. The van der Waals surface area contributed by atoms with Crippen molar-refractivity contribution in [1.29, 1.82) is 0 Å². The fourth-order valence-corrected chi connectivity index (χ4v) is 3.62. The highest BCUT2D eigenvalue weighted by molar-refractivity contribution is 5.94. The van der Waals surface area contributed by atoms with Crippen LogP contribution in [-0.4, -0.2) is 11.8 Å². The fourth-order valence-electron chi connectivity index (χ4n) is 3.62. The summed E-state index contributed by atoms with van der Waals surface area (Å²) in [6.07, 6.45) is 23.7. The van der Waals surface area contributed by atoms with Crippen LogP contribution in [0.1, 0.15) is 110 Å². The van der Waals surface area contributed by atoms with Crippen molar-refractivity contribution in [3.63, 3.8) is 0 Å². The van der Waals surface area contributed by atoms with Gasteiger partial charge >= 0.3 is 0 Å². The van der Waals surface area contributed by atoms with Gasteiger partial charge in [0.2, 0.25) is 12.5 Å². The lowest BCUT2D eigenvalue weighted by Gasteiger charge is -2.04. The Hall–Kier alpha value is -1.71. The maximum atomic E-state index is 11.8. The Kier molecular flexibility index (Phi) is 16.0. The summed E-state index contributed by atoms with van der Waals surface area (Å²) in [7, 11) is 0. The fraction of sp³-hybridized carbons (Fsp3) is 0.720. The Bertz CT molecular complexity index is 531. The molecule has 0 atom stereocenters. The molecule has 4 nitrogen and oxygen atoms in total. The van der Waals surface area contributed by atoms with E-state index in [0.29, 0.717) is 6.42 Å². The van der Waals surface area contributed by atoms with Crippen molar-refractivity contribution in [2.75, 3.05) is 0 Å². The third kappa shape index (κ3) is 15.8. The second-order valence-corrected chi connectivity index (χ2v) is 8.22. The van der Waals surface area contributed by atoms with Gasteiger partial charge < -0.3 is 0 Å². The van der Waals surface area contributed by atoms with Gasteiger partial charge in [-0.3, -0.25) is 14.9 Å². The van der Waals surface area contributed by atoms with Crippen LogP contribution in [0.5, 0.6) is 0 Å². The molecule has 164 valence electrons. The molecule has 1 aromatic rings. The molecular formula is C25H43N2O2+. The molecule has 29 heavy (non-hydrogen) atoms. The van der Waals surface area contributed by atoms with E-state index in [4.69, 9.17) is 0 Å². The van der Waals surface area contributed by atoms with Crippen molar-refractivity contribution in [2.45, 2.75) is 116 Å². The summed E-state index contributed by atoms with van der Waals surface area (Å²) in [5.74, 6) is -0.395. The number of carbonyl (C=O) groups excluding carboxylic acids is 2. The van der Waals surface area contributed by atoms with Gasteiger partial charge in [-0.1, -0.05) is 103 Å². The predicted octanol–water partition coefficient (Wildman–Crippen LogP) is 5.88. The third-order valence-electron chi connectivity index (χ3n) is 5.39. The highest BCUT2D eigenvalue weighted by Gasteiger charge is 2.11. The molecule has 0 saturated heterocycles. The smallest absolute Gasteiger partial charge is 0.291 e. The number of nitrogens with one attached hydrogen (secondary N) is 1. The van der Waals surface area contributed by atoms with E-state index in [1.807, 2.05) is 30.6 Å². The molecule has 0 aliphatic carbocycles. The van der Waals surface area contributed by atoms with Crippen molar-refractivity contribution in [1.82, 2.24) is 5.32 Å². The monoisotopic (exact) mass is 403 g/mol. The van der Waals surface area contributed by atoms with Crippen LogP contribution < -0.4 is 9.88 Å². The third-order valence-corrected chi connectivity index (χ3v) is 5.39. The quantitative estimate of drug-likeness (QED) is 0.246. The van der Waals surface area contributed by atoms with Gasteiger partial charge in [-0.15, -0.1) is 0 Å². The van der Waals surface area contributed by atoms with E-state index in [9.17, 15) is 9.59 Å². The molecule has 0 bridgehead atoms. The summed E-state index contributed by atoms with van der Waals surface area (Å²) in [6, 6.07) is 5.63. The second kappa shape index (κ2) is 18.3. The van der Waals surface area contributed by atoms with Crippen LogP contribution in [0.4, 0.5) is 0 Å². The molecule has 0 fully saturated rings. The Morgan fingerprint density at radius 3 is 1.55 bits per heavy atom. The number of amides is 2. The number of pyridine rings is 1. The Labute approximate surface area is 178 Å². The minimum atomic E-state index is -0.243. The van der Waals surface area contributed by atoms with Gasteiger partial charge in [-0.05, 0) is 6.42 Å². The Balaban J connectivity index is 1.83. The SMILES string of the molecule is CCCCCCCCCCCCCCCCCC(=O)NC(=O)C[n+]1ccccc1. The largest absolute Gasteiger partial charge is 0.292 e. The van der Waals surface area contributed by atoms with E-state index in [2.05, 4.69) is 12.2 Å². The lowest BCUT2D eigenvalue weighted by atomic mass is 10.0. The molecule has 0 unspecified atom stereocenters. The molecule has 0 aliphatic rings. The first-order chi connectivity index (χ1) is 14.2. The molecule has 4 heteroatoms. The zero-order chi connectivity index (χ0) is 21.0. The van der Waals surface area contributed by atoms with Crippen LogP contribution in [0.15, 0.2) is 30.6 Å². The molecule has 1 rings (SSSR count). The highest BCUT2D eigenvalue weighted by atomic mass is 16.2. The summed E-state index contributed by atoms with van der Waals surface area (Å²) >= 11 is 0. The number of unbranched alkanes of at least 4 members (excludes halogenated alkanes) is 14. The summed E-state index contributed by atoms with van der Waals surface area (Å²) in [4.78, 5) is 23.7. The van der Waals surface area contributed by atoms with Gasteiger partial charge in [-0.25, -0.2) is 0 Å². The molecule has 0 radical (unpaired) electrons. The summed E-state index contributed by atoms with van der Waals surface area (Å²) in [5.41, 5.74) is 0. The molecular weight excluding hydrogens is 360 g/mol. The molecule has 0 spiro atoms. The van der Waals surface area contributed by atoms with Gasteiger partial charge in [0.25, 0.3) is 5.91 Å². The molecule has 0 aliphatic heterocycles. The molecule has 1 heterocycles. The number of hydrogen-bond acceptors (Lipinski definition) is 2. The second-order valence-electron chi connectivity index (χ2n) is 8.22. The number of rotatable bonds is 18. The van der Waals surface area contributed by atoms with Crippen LogP contribution in [0.2, 0.25) is 0 Å². The van der Waals surface area contributed by atoms with E-state index in [1.165, 1.54) is 83.5 Å². The maximum Gasteiger partial charge on any atom is 0.292 e. The van der Waals surface area contributed by atoms with Crippen LogP contribution in [0.25, 0.3) is 0 Å². The number of carbonyl (C=O) groups is 2. The summed E-state index contributed by atoms with van der Waals surface area (Å²) < 4.78 is 1.76. The van der Waals surface area contributed by atoms with Crippen molar-refractivity contribution < 1.29 is 14.2 Å². The average molecular weight is 404 g/mol. The van der Waals surface area contributed by atoms with Crippen molar-refractivity contribution in [3.8, 4) is 0 Å². The van der Waals surface area contributed by atoms with E-state index < -0.39 is 0 Å². The standard InChI is InChI=1S/C25H42N2O2/c1-2-3-4-5-6-7-8-9-10-11-12-13-14-15-17-20-24(28)26-25(29)23-27-21-18-16-19-22-27/h16,18-19,21-22H,2-15,17,20,23H2,1H3/p+1. The minimum Gasteiger partial charge on any atom is -0.291 e. The average Bonchev–Trinajstić information content (AvgIpc) is 2.71. The molecule has 1 aromatic heterocycles. The van der Waals surface area contributed by atoms with Crippen LogP contribution in [0.3, 0.4) is 0 Å². The van der Waals surface area contributed by atoms with Gasteiger partial charge in [0, 0.05) is 18.6 Å². The summed E-state index contributed by atoms with van der Waals surface area (Å²) in [5, 5.41) is 2.48. The Morgan fingerprint density at radius 2 is 1.07 bits per heavy atom. The van der Waals surface area contributed by atoms with Gasteiger partial charge in [0.1, 0.15) is 0 Å². The minimum absolute atomic E-state index is 0.152. The van der Waals surface area contributed by atoms with E-state index in [1.54, 1.807) is 4.57 Å². The normalized spacial score (nSPS) is 10.8. The van der Waals surface area contributed by atoms with Crippen LogP contribution in [-0.2, 0) is 16.1 Å². The Morgan fingerprint density at radius 1 is 0.621 bits per heavy atom. The van der Waals surface area contributed by atoms with E-state index >= 15 is 0 Å². The molecule has 2 amide bonds. The molecule has 1 N–H and O–H groups in total.